The van der Waals surface area contributed by atoms with E-state index < -0.39 is 5.63 Å². The number of aromatic hydroxyl groups is 1. The average molecular weight is 268 g/mol. The van der Waals surface area contributed by atoms with Crippen molar-refractivity contribution in [2.45, 2.75) is 0 Å². The Kier molecular flexibility index (Phi) is 2.91. The van der Waals surface area contributed by atoms with Crippen molar-refractivity contribution < 1.29 is 14.3 Å². The highest BCUT2D eigenvalue weighted by molar-refractivity contribution is 5.87. The fourth-order valence-electron chi connectivity index (χ4n) is 2.11. The van der Waals surface area contributed by atoms with Gasteiger partial charge in [0.1, 0.15) is 17.1 Å². The highest BCUT2D eigenvalue weighted by Gasteiger charge is 2.06. The summed E-state index contributed by atoms with van der Waals surface area (Å²) in [6, 6.07) is 14.0. The van der Waals surface area contributed by atoms with Crippen molar-refractivity contribution in [3.63, 3.8) is 0 Å². The van der Waals surface area contributed by atoms with Crippen LogP contribution in [0, 0.1) is 0 Å². The van der Waals surface area contributed by atoms with E-state index in [4.69, 9.17) is 9.15 Å². The van der Waals surface area contributed by atoms with Gasteiger partial charge in [0, 0.05) is 0 Å². The van der Waals surface area contributed by atoms with Crippen LogP contribution < -0.4 is 10.4 Å². The Bertz CT molecular complexity index is 816. The first-order valence-corrected chi connectivity index (χ1v) is 6.09. The Hall–Kier alpha value is -2.75. The average Bonchev–Trinajstić information content (AvgIpc) is 2.47. The second-order valence-corrected chi connectivity index (χ2v) is 4.39. The van der Waals surface area contributed by atoms with Crippen LogP contribution >= 0.6 is 0 Å². The molecule has 1 N–H and O–H groups in total. The molecule has 0 radical (unpaired) electrons. The molecular weight excluding hydrogens is 256 g/mol. The molecule has 0 spiro atoms. The quantitative estimate of drug-likeness (QED) is 0.725. The van der Waals surface area contributed by atoms with Gasteiger partial charge in [-0.1, -0.05) is 18.2 Å². The largest absolute Gasteiger partial charge is 0.507 e. The van der Waals surface area contributed by atoms with E-state index in [1.54, 1.807) is 19.2 Å². The van der Waals surface area contributed by atoms with Crippen LogP contribution in [0.15, 0.2) is 57.7 Å². The third kappa shape index (κ3) is 2.12. The lowest BCUT2D eigenvalue weighted by molar-refractivity contribution is 0.415. The summed E-state index contributed by atoms with van der Waals surface area (Å²) >= 11 is 0. The summed E-state index contributed by atoms with van der Waals surface area (Å²) in [5.41, 5.74) is 1.71. The Morgan fingerprint density at radius 3 is 2.40 bits per heavy atom. The fraction of sp³-hybridized carbons (Fsp3) is 0.0625. The Balaban J connectivity index is 2.14. The van der Waals surface area contributed by atoms with Crippen LogP contribution in [-0.4, -0.2) is 12.2 Å². The van der Waals surface area contributed by atoms with Crippen molar-refractivity contribution in [2.24, 2.45) is 0 Å². The maximum absolute atomic E-state index is 11.2. The zero-order valence-electron chi connectivity index (χ0n) is 10.8. The smallest absolute Gasteiger partial charge is 0.339 e. The molecule has 1 aromatic heterocycles. The van der Waals surface area contributed by atoms with Crippen molar-refractivity contribution in [1.29, 1.82) is 0 Å². The van der Waals surface area contributed by atoms with Crippen molar-refractivity contribution >= 4 is 11.0 Å². The van der Waals surface area contributed by atoms with E-state index in [-0.39, 0.29) is 5.75 Å². The van der Waals surface area contributed by atoms with Crippen molar-refractivity contribution in [2.75, 3.05) is 7.11 Å². The molecule has 20 heavy (non-hydrogen) atoms. The second-order valence-electron chi connectivity index (χ2n) is 4.39. The predicted octanol–water partition coefficient (Wildman–Crippen LogP) is 3.17. The van der Waals surface area contributed by atoms with E-state index in [2.05, 4.69) is 0 Å². The molecule has 0 fully saturated rings. The van der Waals surface area contributed by atoms with Gasteiger partial charge in [-0.3, -0.25) is 0 Å². The summed E-state index contributed by atoms with van der Waals surface area (Å²) in [7, 11) is 1.62. The van der Waals surface area contributed by atoms with Crippen molar-refractivity contribution in [1.82, 2.24) is 0 Å². The van der Waals surface area contributed by atoms with Crippen LogP contribution in [0.5, 0.6) is 11.5 Å². The minimum absolute atomic E-state index is 0.0772. The zero-order chi connectivity index (χ0) is 14.1. The van der Waals surface area contributed by atoms with E-state index in [0.29, 0.717) is 11.0 Å². The first kappa shape index (κ1) is 12.3. The standard InChI is InChI=1S/C16H12O4/c1-19-12-5-2-10(3-6-12)11-4-7-15-13(8-11)14(17)9-16(18)20-15/h2-9,17H,1H3. The lowest BCUT2D eigenvalue weighted by Crippen LogP contribution is -1.95. The molecule has 0 saturated heterocycles. The molecule has 0 saturated carbocycles. The molecule has 0 amide bonds. The Morgan fingerprint density at radius 1 is 1.00 bits per heavy atom. The van der Waals surface area contributed by atoms with Gasteiger partial charge in [0.05, 0.1) is 18.6 Å². The molecule has 1 heterocycles. The number of hydrogen-bond donors (Lipinski definition) is 1. The lowest BCUT2D eigenvalue weighted by Gasteiger charge is -2.06. The first-order valence-electron chi connectivity index (χ1n) is 6.09. The van der Waals surface area contributed by atoms with Gasteiger partial charge < -0.3 is 14.3 Å². The van der Waals surface area contributed by atoms with Gasteiger partial charge in [0.2, 0.25) is 0 Å². The van der Waals surface area contributed by atoms with Crippen molar-refractivity contribution in [3.8, 4) is 22.6 Å². The van der Waals surface area contributed by atoms with E-state index in [1.807, 2.05) is 30.3 Å². The molecule has 2 aromatic carbocycles. The minimum atomic E-state index is -0.563. The van der Waals surface area contributed by atoms with Crippen LogP contribution in [0.3, 0.4) is 0 Å². The maximum Gasteiger partial charge on any atom is 0.339 e. The Labute approximate surface area is 114 Å². The molecule has 0 bridgehead atoms. The molecule has 3 rings (SSSR count). The molecule has 0 unspecified atom stereocenters. The summed E-state index contributed by atoms with van der Waals surface area (Å²) in [6.45, 7) is 0. The number of methoxy groups -OCH3 is 1. The normalized spacial score (nSPS) is 10.7. The summed E-state index contributed by atoms with van der Waals surface area (Å²) in [4.78, 5) is 11.2. The van der Waals surface area contributed by atoms with Gasteiger partial charge in [0.25, 0.3) is 0 Å². The molecule has 0 aliphatic carbocycles. The number of fused-ring (bicyclic) bond motifs is 1. The van der Waals surface area contributed by atoms with Gasteiger partial charge in [-0.25, -0.2) is 4.79 Å². The molecule has 3 aromatic rings. The summed E-state index contributed by atoms with van der Waals surface area (Å²) in [5.74, 6) is 0.704. The van der Waals surface area contributed by atoms with E-state index in [9.17, 15) is 9.90 Å². The maximum atomic E-state index is 11.2. The van der Waals surface area contributed by atoms with Gasteiger partial charge in [0.15, 0.2) is 0 Å². The lowest BCUT2D eigenvalue weighted by atomic mass is 10.0. The molecular formula is C16H12O4. The molecule has 0 aliphatic heterocycles. The summed E-state index contributed by atoms with van der Waals surface area (Å²) in [6.07, 6.45) is 0. The third-order valence-electron chi connectivity index (χ3n) is 3.14. The van der Waals surface area contributed by atoms with Crippen LogP contribution in [0.4, 0.5) is 0 Å². The Morgan fingerprint density at radius 2 is 1.70 bits per heavy atom. The number of hydrogen-bond acceptors (Lipinski definition) is 4. The van der Waals surface area contributed by atoms with Gasteiger partial charge in [-0.15, -0.1) is 0 Å². The molecule has 100 valence electrons. The number of ether oxygens (including phenoxy) is 1. The van der Waals surface area contributed by atoms with Crippen LogP contribution in [0.1, 0.15) is 0 Å². The number of rotatable bonds is 2. The van der Waals surface area contributed by atoms with E-state index >= 15 is 0 Å². The fourth-order valence-corrected chi connectivity index (χ4v) is 2.11. The zero-order valence-corrected chi connectivity index (χ0v) is 10.8. The third-order valence-corrected chi connectivity index (χ3v) is 3.14. The predicted molar refractivity (Wildman–Crippen MR) is 76.1 cm³/mol. The number of benzene rings is 2. The van der Waals surface area contributed by atoms with Gasteiger partial charge in [-0.2, -0.15) is 0 Å². The molecule has 4 nitrogen and oxygen atoms in total. The highest BCUT2D eigenvalue weighted by atomic mass is 16.5. The molecule has 0 aliphatic rings. The van der Waals surface area contributed by atoms with Crippen LogP contribution in [0.2, 0.25) is 0 Å². The SMILES string of the molecule is COc1ccc(-c2ccc3oc(=O)cc(O)c3c2)cc1. The van der Waals surface area contributed by atoms with Crippen LogP contribution in [-0.2, 0) is 0 Å². The van der Waals surface area contributed by atoms with Crippen LogP contribution in [0.25, 0.3) is 22.1 Å². The van der Waals surface area contributed by atoms with E-state index in [1.165, 1.54) is 0 Å². The van der Waals surface area contributed by atoms with Crippen molar-refractivity contribution in [3.05, 3.63) is 59.0 Å². The molecule has 4 heteroatoms. The highest BCUT2D eigenvalue weighted by Crippen LogP contribution is 2.29. The van der Waals surface area contributed by atoms with Gasteiger partial charge in [-0.05, 0) is 35.4 Å². The first-order chi connectivity index (χ1) is 9.67. The van der Waals surface area contributed by atoms with Gasteiger partial charge >= 0.3 is 5.63 Å². The topological polar surface area (TPSA) is 59.7 Å². The monoisotopic (exact) mass is 268 g/mol. The minimum Gasteiger partial charge on any atom is -0.507 e. The summed E-state index contributed by atoms with van der Waals surface area (Å²) in [5, 5.41) is 10.3. The summed E-state index contributed by atoms with van der Waals surface area (Å²) < 4.78 is 10.2. The van der Waals surface area contributed by atoms with E-state index in [0.717, 1.165) is 22.9 Å². The molecule has 0 atom stereocenters. The second kappa shape index (κ2) is 4.74.